The number of hydrogen-bond donors (Lipinski definition) is 0. The third kappa shape index (κ3) is 11.3. The van der Waals surface area contributed by atoms with Gasteiger partial charge in [-0.05, 0) is 37.7 Å². The predicted octanol–water partition coefficient (Wildman–Crippen LogP) is 8.45. The van der Waals surface area contributed by atoms with Gasteiger partial charge in [0.2, 0.25) is 0 Å². The molecule has 32 heavy (non-hydrogen) atoms. The van der Waals surface area contributed by atoms with Gasteiger partial charge >= 0.3 is 0 Å². The van der Waals surface area contributed by atoms with Crippen molar-refractivity contribution in [3.63, 3.8) is 0 Å². The van der Waals surface area contributed by atoms with Crippen LogP contribution in [0, 0.1) is 0 Å². The summed E-state index contributed by atoms with van der Waals surface area (Å²) in [4.78, 5) is 0. The van der Waals surface area contributed by atoms with Crippen LogP contribution in [-0.2, 0) is 25.9 Å². The smallest absolute Gasteiger partial charge is 0.234 e. The SMILES string of the molecule is CCCCCCCCCCCCCCn1cc[n+](CCCc2ccccc2)c1CCCC. The molecular formula is C30H51N2+. The second-order valence-electron chi connectivity index (χ2n) is 9.68. The molecule has 0 aliphatic carbocycles. The predicted molar refractivity (Wildman–Crippen MR) is 139 cm³/mol. The zero-order chi connectivity index (χ0) is 22.7. The molecule has 1 heterocycles. The average molecular weight is 440 g/mol. The summed E-state index contributed by atoms with van der Waals surface area (Å²) in [6.07, 6.45) is 27.9. The Morgan fingerprint density at radius 1 is 0.625 bits per heavy atom. The van der Waals surface area contributed by atoms with Gasteiger partial charge in [-0.2, -0.15) is 0 Å². The molecule has 0 amide bonds. The molecule has 0 aliphatic heterocycles. The fraction of sp³-hybridized carbons (Fsp3) is 0.700. The fourth-order valence-corrected chi connectivity index (χ4v) is 4.75. The number of benzene rings is 1. The molecule has 0 spiro atoms. The van der Waals surface area contributed by atoms with Gasteiger partial charge in [-0.15, -0.1) is 0 Å². The summed E-state index contributed by atoms with van der Waals surface area (Å²) in [7, 11) is 0. The summed E-state index contributed by atoms with van der Waals surface area (Å²) in [6, 6.07) is 10.9. The lowest BCUT2D eigenvalue weighted by molar-refractivity contribution is -0.704. The maximum Gasteiger partial charge on any atom is 0.256 e. The van der Waals surface area contributed by atoms with Crippen LogP contribution in [-0.4, -0.2) is 4.57 Å². The number of imidazole rings is 1. The summed E-state index contributed by atoms with van der Waals surface area (Å²) in [5.41, 5.74) is 1.46. The molecule has 0 unspecified atom stereocenters. The van der Waals surface area contributed by atoms with Gasteiger partial charge in [-0.3, -0.25) is 0 Å². The minimum Gasteiger partial charge on any atom is -0.234 e. The zero-order valence-corrected chi connectivity index (χ0v) is 21.4. The van der Waals surface area contributed by atoms with Crippen LogP contribution in [0.25, 0.3) is 0 Å². The first-order chi connectivity index (χ1) is 15.8. The van der Waals surface area contributed by atoms with Crippen molar-refractivity contribution >= 4 is 0 Å². The van der Waals surface area contributed by atoms with Gasteiger partial charge in [0.1, 0.15) is 12.4 Å². The molecule has 0 radical (unpaired) electrons. The number of hydrogen-bond acceptors (Lipinski definition) is 0. The van der Waals surface area contributed by atoms with E-state index in [1.807, 2.05) is 0 Å². The van der Waals surface area contributed by atoms with Gasteiger partial charge < -0.3 is 0 Å². The lowest BCUT2D eigenvalue weighted by atomic mass is 10.1. The van der Waals surface area contributed by atoms with Gasteiger partial charge in [0, 0.05) is 6.42 Å². The third-order valence-corrected chi connectivity index (χ3v) is 6.80. The molecule has 0 saturated heterocycles. The average Bonchev–Trinajstić information content (AvgIpc) is 3.20. The molecule has 2 aromatic rings. The number of aryl methyl sites for hydroxylation is 3. The highest BCUT2D eigenvalue weighted by molar-refractivity contribution is 5.14. The Hall–Kier alpha value is -1.57. The number of unbranched alkanes of at least 4 members (excludes halogenated alkanes) is 12. The molecule has 0 atom stereocenters. The third-order valence-electron chi connectivity index (χ3n) is 6.80. The van der Waals surface area contributed by atoms with E-state index in [0.717, 1.165) is 6.54 Å². The van der Waals surface area contributed by atoms with Crippen molar-refractivity contribution in [3.05, 3.63) is 54.1 Å². The van der Waals surface area contributed by atoms with Crippen molar-refractivity contribution in [3.8, 4) is 0 Å². The minimum atomic E-state index is 1.14. The van der Waals surface area contributed by atoms with E-state index < -0.39 is 0 Å². The second kappa shape index (κ2) is 17.9. The van der Waals surface area contributed by atoms with Gasteiger partial charge in [-0.1, -0.05) is 115 Å². The van der Waals surface area contributed by atoms with Crippen LogP contribution in [0.15, 0.2) is 42.7 Å². The van der Waals surface area contributed by atoms with Crippen molar-refractivity contribution in [2.45, 2.75) is 136 Å². The summed E-state index contributed by atoms with van der Waals surface area (Å²) in [5, 5.41) is 0. The first kappa shape index (κ1) is 26.7. The van der Waals surface area contributed by atoms with Gasteiger partial charge in [0.05, 0.1) is 13.1 Å². The Morgan fingerprint density at radius 3 is 1.84 bits per heavy atom. The van der Waals surface area contributed by atoms with Crippen LogP contribution in [0.4, 0.5) is 0 Å². The molecule has 2 heteroatoms. The number of rotatable bonds is 20. The molecule has 1 aromatic heterocycles. The molecule has 1 aromatic carbocycles. The van der Waals surface area contributed by atoms with E-state index >= 15 is 0 Å². The van der Waals surface area contributed by atoms with Crippen molar-refractivity contribution in [1.29, 1.82) is 0 Å². The number of nitrogens with zero attached hydrogens (tertiary/aromatic N) is 2. The lowest BCUT2D eigenvalue weighted by Crippen LogP contribution is -2.37. The molecule has 0 saturated carbocycles. The highest BCUT2D eigenvalue weighted by Gasteiger charge is 2.16. The van der Waals surface area contributed by atoms with Crippen molar-refractivity contribution in [2.24, 2.45) is 0 Å². The molecular weight excluding hydrogens is 388 g/mol. The topological polar surface area (TPSA) is 8.81 Å². The lowest BCUT2D eigenvalue weighted by Gasteiger charge is -2.06. The van der Waals surface area contributed by atoms with Crippen LogP contribution in [0.1, 0.15) is 122 Å². The Balaban J connectivity index is 1.62. The summed E-state index contributed by atoms with van der Waals surface area (Å²) in [5.74, 6) is 1.54. The van der Waals surface area contributed by atoms with E-state index in [9.17, 15) is 0 Å². The summed E-state index contributed by atoms with van der Waals surface area (Å²) < 4.78 is 5.08. The normalized spacial score (nSPS) is 11.3. The van der Waals surface area contributed by atoms with E-state index in [0.29, 0.717) is 0 Å². The van der Waals surface area contributed by atoms with Crippen LogP contribution in [0.2, 0.25) is 0 Å². The van der Waals surface area contributed by atoms with E-state index in [1.165, 1.54) is 121 Å². The van der Waals surface area contributed by atoms with Crippen LogP contribution in [0.3, 0.4) is 0 Å². The molecule has 0 bridgehead atoms. The summed E-state index contributed by atoms with van der Waals surface area (Å²) >= 11 is 0. The molecule has 0 aliphatic rings. The van der Waals surface area contributed by atoms with E-state index in [2.05, 4.69) is 65.7 Å². The second-order valence-corrected chi connectivity index (χ2v) is 9.68. The maximum absolute atomic E-state index is 2.55. The monoisotopic (exact) mass is 439 g/mol. The fourth-order valence-electron chi connectivity index (χ4n) is 4.75. The summed E-state index contributed by atoms with van der Waals surface area (Å²) in [6.45, 7) is 6.94. The molecule has 2 rings (SSSR count). The largest absolute Gasteiger partial charge is 0.256 e. The van der Waals surface area contributed by atoms with Crippen LogP contribution in [0.5, 0.6) is 0 Å². The minimum absolute atomic E-state index is 1.14. The zero-order valence-electron chi connectivity index (χ0n) is 21.4. The van der Waals surface area contributed by atoms with Crippen LogP contribution < -0.4 is 4.57 Å². The van der Waals surface area contributed by atoms with E-state index in [-0.39, 0.29) is 0 Å². The number of aromatic nitrogens is 2. The first-order valence-electron chi connectivity index (χ1n) is 14.0. The van der Waals surface area contributed by atoms with Gasteiger partial charge in [-0.25, -0.2) is 9.13 Å². The van der Waals surface area contributed by atoms with E-state index in [1.54, 1.807) is 5.82 Å². The Morgan fingerprint density at radius 2 is 1.22 bits per heavy atom. The Kier molecular flexibility index (Phi) is 14.9. The maximum atomic E-state index is 2.55. The Bertz CT molecular complexity index is 673. The molecule has 2 nitrogen and oxygen atoms in total. The van der Waals surface area contributed by atoms with Gasteiger partial charge in [0.25, 0.3) is 5.82 Å². The van der Waals surface area contributed by atoms with E-state index in [4.69, 9.17) is 0 Å². The first-order valence-corrected chi connectivity index (χ1v) is 14.0. The molecule has 0 fully saturated rings. The van der Waals surface area contributed by atoms with Crippen molar-refractivity contribution < 1.29 is 4.57 Å². The quantitative estimate of drug-likeness (QED) is 0.144. The van der Waals surface area contributed by atoms with Crippen LogP contribution >= 0.6 is 0 Å². The van der Waals surface area contributed by atoms with Crippen molar-refractivity contribution in [1.82, 2.24) is 4.57 Å². The Labute approximate surface area is 199 Å². The highest BCUT2D eigenvalue weighted by Crippen LogP contribution is 2.13. The van der Waals surface area contributed by atoms with Crippen molar-refractivity contribution in [2.75, 3.05) is 0 Å². The standard InChI is InChI=1S/C30H51N2/c1-3-5-7-8-9-10-11-12-13-14-15-19-25-31-27-28-32(30(31)24-6-4-2)26-20-23-29-21-17-16-18-22-29/h16-18,21-22,27-28H,3-15,19-20,23-26H2,1-2H3/q+1. The highest BCUT2D eigenvalue weighted by atomic mass is 15.1. The molecule has 180 valence electrons. The van der Waals surface area contributed by atoms with Gasteiger partial charge in [0.15, 0.2) is 0 Å². The molecule has 0 N–H and O–H groups in total.